The summed E-state index contributed by atoms with van der Waals surface area (Å²) >= 11 is 5.71. The van der Waals surface area contributed by atoms with Crippen molar-refractivity contribution in [2.75, 3.05) is 17.3 Å². The highest BCUT2D eigenvalue weighted by atomic mass is 35.5. The summed E-state index contributed by atoms with van der Waals surface area (Å²) in [6.07, 6.45) is -1.30. The number of anilines is 1. The van der Waals surface area contributed by atoms with Crippen LogP contribution in [0.3, 0.4) is 0 Å². The number of hydrogen-bond acceptors (Lipinski definition) is 2. The van der Waals surface area contributed by atoms with E-state index in [4.69, 9.17) is 11.6 Å². The fourth-order valence-electron chi connectivity index (χ4n) is 2.01. The molecule has 1 saturated carbocycles. The number of nitrogens with zero attached hydrogens (tertiary/aromatic N) is 2. The number of alkyl halides is 4. The first-order chi connectivity index (χ1) is 8.52. The summed E-state index contributed by atoms with van der Waals surface area (Å²) in [4.78, 5) is 5.59. The zero-order chi connectivity index (χ0) is 13.2. The van der Waals surface area contributed by atoms with Crippen LogP contribution in [-0.2, 0) is 6.18 Å². The number of hydrogen-bond donors (Lipinski definition) is 0. The molecule has 6 heteroatoms. The van der Waals surface area contributed by atoms with Crippen molar-refractivity contribution in [3.8, 4) is 0 Å². The van der Waals surface area contributed by atoms with E-state index in [1.165, 1.54) is 6.07 Å². The van der Waals surface area contributed by atoms with Gasteiger partial charge in [-0.1, -0.05) is 6.07 Å². The summed E-state index contributed by atoms with van der Waals surface area (Å²) in [5, 5.41) is 0. The quantitative estimate of drug-likeness (QED) is 0.781. The Kier molecular flexibility index (Phi) is 4.00. The molecule has 0 atom stereocenters. The van der Waals surface area contributed by atoms with E-state index in [9.17, 15) is 13.2 Å². The van der Waals surface area contributed by atoms with E-state index in [0.717, 1.165) is 25.3 Å². The predicted octanol–water partition coefficient (Wildman–Crippen LogP) is 3.70. The molecule has 0 aliphatic heterocycles. The summed E-state index contributed by atoms with van der Waals surface area (Å²) in [6.45, 7) is 0.528. The smallest absolute Gasteiger partial charge is 0.352 e. The maximum atomic E-state index is 12.6. The van der Waals surface area contributed by atoms with Gasteiger partial charge in [0.15, 0.2) is 0 Å². The van der Waals surface area contributed by atoms with Gasteiger partial charge in [-0.05, 0) is 31.4 Å². The Labute approximate surface area is 109 Å². The standard InChI is InChI=1S/C12H14ClF3N2/c13-7-8-18(9-3-1-4-9)11-6-2-5-10(17-11)12(14,15)16/h2,5-6,9H,1,3-4,7-8H2. The van der Waals surface area contributed by atoms with Crippen LogP contribution in [0.4, 0.5) is 19.0 Å². The number of aromatic nitrogens is 1. The van der Waals surface area contributed by atoms with Crippen molar-refractivity contribution in [3.63, 3.8) is 0 Å². The predicted molar refractivity (Wildman–Crippen MR) is 64.9 cm³/mol. The molecule has 0 spiro atoms. The average molecular weight is 279 g/mol. The van der Waals surface area contributed by atoms with Gasteiger partial charge >= 0.3 is 6.18 Å². The first-order valence-electron chi connectivity index (χ1n) is 5.89. The van der Waals surface area contributed by atoms with Crippen LogP contribution in [0.15, 0.2) is 18.2 Å². The number of pyridine rings is 1. The van der Waals surface area contributed by atoms with Gasteiger partial charge < -0.3 is 4.90 Å². The van der Waals surface area contributed by atoms with E-state index in [0.29, 0.717) is 18.2 Å². The van der Waals surface area contributed by atoms with Gasteiger partial charge in [-0.3, -0.25) is 0 Å². The Hall–Kier alpha value is -0.970. The fourth-order valence-corrected chi connectivity index (χ4v) is 2.20. The number of halogens is 4. The van der Waals surface area contributed by atoms with Crippen LogP contribution in [0.1, 0.15) is 25.0 Å². The van der Waals surface area contributed by atoms with Crippen molar-refractivity contribution in [2.45, 2.75) is 31.5 Å². The average Bonchev–Trinajstić information content (AvgIpc) is 2.25. The lowest BCUT2D eigenvalue weighted by atomic mass is 9.91. The summed E-state index contributed by atoms with van der Waals surface area (Å²) < 4.78 is 37.8. The Balaban J connectivity index is 2.24. The van der Waals surface area contributed by atoms with Gasteiger partial charge in [-0.25, -0.2) is 4.98 Å². The van der Waals surface area contributed by atoms with Crippen LogP contribution in [0.25, 0.3) is 0 Å². The molecule has 0 saturated heterocycles. The van der Waals surface area contributed by atoms with Crippen molar-refractivity contribution >= 4 is 17.4 Å². The Bertz CT molecular complexity index is 405. The maximum Gasteiger partial charge on any atom is 0.433 e. The van der Waals surface area contributed by atoms with Gasteiger partial charge in [0.05, 0.1) is 0 Å². The van der Waals surface area contributed by atoms with Crippen LogP contribution in [0.2, 0.25) is 0 Å². The highest BCUT2D eigenvalue weighted by Gasteiger charge is 2.33. The molecule has 2 rings (SSSR count). The molecule has 2 nitrogen and oxygen atoms in total. The molecular weight excluding hydrogens is 265 g/mol. The molecule has 1 aromatic heterocycles. The van der Waals surface area contributed by atoms with Gasteiger partial charge in [-0.2, -0.15) is 13.2 Å². The van der Waals surface area contributed by atoms with Gasteiger partial charge in [0, 0.05) is 18.5 Å². The van der Waals surface area contributed by atoms with Gasteiger partial charge in [0.2, 0.25) is 0 Å². The molecule has 100 valence electrons. The Morgan fingerprint density at radius 2 is 2.06 bits per heavy atom. The fraction of sp³-hybridized carbons (Fsp3) is 0.583. The molecule has 0 radical (unpaired) electrons. The van der Waals surface area contributed by atoms with Crippen LogP contribution in [0.5, 0.6) is 0 Å². The zero-order valence-corrected chi connectivity index (χ0v) is 10.5. The largest absolute Gasteiger partial charge is 0.433 e. The third-order valence-electron chi connectivity index (χ3n) is 3.16. The van der Waals surface area contributed by atoms with Crippen molar-refractivity contribution in [3.05, 3.63) is 23.9 Å². The van der Waals surface area contributed by atoms with Crippen molar-refractivity contribution in [2.24, 2.45) is 0 Å². The molecule has 0 bridgehead atoms. The topological polar surface area (TPSA) is 16.1 Å². The highest BCUT2D eigenvalue weighted by Crippen LogP contribution is 2.32. The van der Waals surface area contributed by atoms with E-state index in [2.05, 4.69) is 4.98 Å². The molecule has 0 unspecified atom stereocenters. The molecule has 0 amide bonds. The summed E-state index contributed by atoms with van der Waals surface area (Å²) in [7, 11) is 0. The molecule has 0 aromatic carbocycles. The third-order valence-corrected chi connectivity index (χ3v) is 3.33. The van der Waals surface area contributed by atoms with Crippen molar-refractivity contribution in [1.29, 1.82) is 0 Å². The highest BCUT2D eigenvalue weighted by molar-refractivity contribution is 6.18. The van der Waals surface area contributed by atoms with E-state index in [1.807, 2.05) is 4.90 Å². The molecular formula is C12H14ClF3N2. The van der Waals surface area contributed by atoms with Gasteiger partial charge in [0.25, 0.3) is 0 Å². The summed E-state index contributed by atoms with van der Waals surface area (Å²) in [6, 6.07) is 4.27. The lowest BCUT2D eigenvalue weighted by molar-refractivity contribution is -0.141. The summed E-state index contributed by atoms with van der Waals surface area (Å²) in [5.41, 5.74) is -0.848. The third kappa shape index (κ3) is 2.88. The molecule has 1 aromatic rings. The maximum absolute atomic E-state index is 12.6. The Morgan fingerprint density at radius 1 is 1.33 bits per heavy atom. The van der Waals surface area contributed by atoms with Crippen LogP contribution in [-0.4, -0.2) is 23.5 Å². The molecule has 1 fully saturated rings. The zero-order valence-electron chi connectivity index (χ0n) is 9.75. The van der Waals surface area contributed by atoms with Crippen molar-refractivity contribution in [1.82, 2.24) is 4.98 Å². The minimum atomic E-state index is -4.40. The van der Waals surface area contributed by atoms with Crippen LogP contribution < -0.4 is 4.90 Å². The number of rotatable bonds is 4. The van der Waals surface area contributed by atoms with E-state index in [1.54, 1.807) is 6.07 Å². The molecule has 1 heterocycles. The Morgan fingerprint density at radius 3 is 2.56 bits per heavy atom. The van der Waals surface area contributed by atoms with Crippen molar-refractivity contribution < 1.29 is 13.2 Å². The summed E-state index contributed by atoms with van der Waals surface area (Å²) in [5.74, 6) is 0.754. The molecule has 1 aliphatic carbocycles. The minimum absolute atomic E-state index is 0.278. The van der Waals surface area contributed by atoms with Gasteiger partial charge in [-0.15, -0.1) is 11.6 Å². The van der Waals surface area contributed by atoms with Gasteiger partial charge in [0.1, 0.15) is 11.5 Å². The first-order valence-corrected chi connectivity index (χ1v) is 6.42. The minimum Gasteiger partial charge on any atom is -0.352 e. The second-order valence-corrected chi connectivity index (χ2v) is 4.72. The second-order valence-electron chi connectivity index (χ2n) is 4.35. The first kappa shape index (κ1) is 13.5. The van der Waals surface area contributed by atoms with Crippen LogP contribution >= 0.6 is 11.6 Å². The van der Waals surface area contributed by atoms with Crippen LogP contribution in [0, 0.1) is 0 Å². The molecule has 18 heavy (non-hydrogen) atoms. The lowest BCUT2D eigenvalue weighted by Gasteiger charge is -2.38. The normalized spacial score (nSPS) is 16.4. The monoisotopic (exact) mass is 278 g/mol. The SMILES string of the molecule is FC(F)(F)c1cccc(N(CCCl)C2CCC2)n1. The molecule has 0 N–H and O–H groups in total. The second kappa shape index (κ2) is 5.34. The molecule has 1 aliphatic rings. The van der Waals surface area contributed by atoms with E-state index in [-0.39, 0.29) is 6.04 Å². The lowest BCUT2D eigenvalue weighted by Crippen LogP contribution is -2.42. The van der Waals surface area contributed by atoms with E-state index < -0.39 is 11.9 Å². The van der Waals surface area contributed by atoms with E-state index >= 15 is 0 Å².